The van der Waals surface area contributed by atoms with E-state index in [0.717, 1.165) is 11.6 Å². The van der Waals surface area contributed by atoms with Crippen LogP contribution < -0.4 is 19.7 Å². The molecule has 0 bridgehead atoms. The first kappa shape index (κ1) is 16.5. The Balaban J connectivity index is 1.21. The summed E-state index contributed by atoms with van der Waals surface area (Å²) in [7, 11) is 0. The van der Waals surface area contributed by atoms with Gasteiger partial charge in [0.05, 0.1) is 5.92 Å². The van der Waals surface area contributed by atoms with Crippen LogP contribution in [0, 0.1) is 5.92 Å². The van der Waals surface area contributed by atoms with Gasteiger partial charge in [-0.05, 0) is 12.1 Å². The SMILES string of the molecule is O=C(Nc1ccc2c(c1)OCCO2)C1CN(c2cc(-n3ccnc3)ncn2)C1. The number of carbonyl (C=O) groups excluding carboxylic acids is 1. The van der Waals surface area contributed by atoms with Crippen molar-refractivity contribution in [2.24, 2.45) is 5.92 Å². The van der Waals surface area contributed by atoms with Gasteiger partial charge in [-0.15, -0.1) is 0 Å². The molecular formula is C19H18N6O3. The number of nitrogens with zero attached hydrogens (tertiary/aromatic N) is 5. The molecule has 1 aromatic carbocycles. The van der Waals surface area contributed by atoms with E-state index in [0.29, 0.717) is 43.5 Å². The van der Waals surface area contributed by atoms with Crippen molar-refractivity contribution in [2.45, 2.75) is 0 Å². The Labute approximate surface area is 160 Å². The molecule has 0 atom stereocenters. The van der Waals surface area contributed by atoms with Crippen molar-refractivity contribution < 1.29 is 14.3 Å². The number of hydrogen-bond donors (Lipinski definition) is 1. The first-order valence-electron chi connectivity index (χ1n) is 9.02. The quantitative estimate of drug-likeness (QED) is 0.735. The number of aromatic nitrogens is 4. The number of amides is 1. The average molecular weight is 378 g/mol. The summed E-state index contributed by atoms with van der Waals surface area (Å²) >= 11 is 0. The number of imidazole rings is 1. The molecule has 0 unspecified atom stereocenters. The van der Waals surface area contributed by atoms with Gasteiger partial charge in [-0.3, -0.25) is 9.36 Å². The molecule has 4 heterocycles. The molecule has 0 saturated carbocycles. The first-order chi connectivity index (χ1) is 13.8. The van der Waals surface area contributed by atoms with E-state index >= 15 is 0 Å². The lowest BCUT2D eigenvalue weighted by Gasteiger charge is -2.39. The van der Waals surface area contributed by atoms with Gasteiger partial charge in [-0.25, -0.2) is 15.0 Å². The largest absolute Gasteiger partial charge is 0.486 e. The molecule has 1 N–H and O–H groups in total. The summed E-state index contributed by atoms with van der Waals surface area (Å²) in [6.07, 6.45) is 6.73. The molecule has 0 spiro atoms. The van der Waals surface area contributed by atoms with Gasteiger partial charge in [-0.1, -0.05) is 0 Å². The van der Waals surface area contributed by atoms with E-state index < -0.39 is 0 Å². The third-order valence-corrected chi connectivity index (χ3v) is 4.79. The zero-order valence-corrected chi connectivity index (χ0v) is 15.0. The van der Waals surface area contributed by atoms with Crippen molar-refractivity contribution in [2.75, 3.05) is 36.5 Å². The van der Waals surface area contributed by atoms with Crippen LogP contribution in [0.1, 0.15) is 0 Å². The van der Waals surface area contributed by atoms with Crippen LogP contribution in [0.5, 0.6) is 11.5 Å². The van der Waals surface area contributed by atoms with E-state index in [9.17, 15) is 4.79 Å². The molecule has 2 aliphatic rings. The number of hydrogen-bond acceptors (Lipinski definition) is 7. The lowest BCUT2D eigenvalue weighted by Crippen LogP contribution is -2.52. The van der Waals surface area contributed by atoms with E-state index in [1.54, 1.807) is 18.6 Å². The van der Waals surface area contributed by atoms with Gasteiger partial charge < -0.3 is 19.7 Å². The molecule has 0 radical (unpaired) electrons. The summed E-state index contributed by atoms with van der Waals surface area (Å²) in [5.41, 5.74) is 0.706. The normalized spacial score (nSPS) is 15.8. The molecule has 3 aromatic rings. The number of ether oxygens (including phenoxy) is 2. The Bertz CT molecular complexity index is 1000. The Morgan fingerprint density at radius 2 is 1.89 bits per heavy atom. The summed E-state index contributed by atoms with van der Waals surface area (Å²) in [5, 5.41) is 2.95. The summed E-state index contributed by atoms with van der Waals surface area (Å²) in [4.78, 5) is 27.2. The molecule has 1 saturated heterocycles. The van der Waals surface area contributed by atoms with Gasteiger partial charge >= 0.3 is 0 Å². The standard InChI is InChI=1S/C19H18N6O3/c26-19(23-14-1-2-15-16(7-14)28-6-5-27-15)13-9-25(10-13)18-8-17(21-11-22-18)24-4-3-20-12-24/h1-4,7-8,11-13H,5-6,9-10H2,(H,23,26). The van der Waals surface area contributed by atoms with Crippen LogP contribution in [0.2, 0.25) is 0 Å². The van der Waals surface area contributed by atoms with Crippen LogP contribution in [0.3, 0.4) is 0 Å². The number of carbonyl (C=O) groups is 1. The summed E-state index contributed by atoms with van der Waals surface area (Å²) in [5.74, 6) is 2.79. The minimum atomic E-state index is -0.0974. The number of fused-ring (bicyclic) bond motifs is 1. The van der Waals surface area contributed by atoms with Gasteiger partial charge in [0, 0.05) is 43.3 Å². The second kappa shape index (κ2) is 6.84. The monoisotopic (exact) mass is 378 g/mol. The van der Waals surface area contributed by atoms with Crippen LogP contribution >= 0.6 is 0 Å². The average Bonchev–Trinajstić information content (AvgIpc) is 3.22. The third-order valence-electron chi connectivity index (χ3n) is 4.79. The minimum absolute atomic E-state index is 0.0168. The fourth-order valence-electron chi connectivity index (χ4n) is 3.24. The molecule has 9 heteroatoms. The van der Waals surface area contributed by atoms with Gasteiger partial charge in [0.15, 0.2) is 11.5 Å². The topological polar surface area (TPSA) is 94.4 Å². The highest BCUT2D eigenvalue weighted by Gasteiger charge is 2.34. The van der Waals surface area contributed by atoms with Gasteiger partial charge in [0.25, 0.3) is 0 Å². The van der Waals surface area contributed by atoms with E-state index in [1.165, 1.54) is 6.33 Å². The summed E-state index contributed by atoms with van der Waals surface area (Å²) in [6, 6.07) is 7.32. The van der Waals surface area contributed by atoms with Gasteiger partial charge in [0.2, 0.25) is 5.91 Å². The predicted octanol–water partition coefficient (Wildman–Crippen LogP) is 1.51. The summed E-state index contributed by atoms with van der Waals surface area (Å²) < 4.78 is 12.9. The highest BCUT2D eigenvalue weighted by molar-refractivity contribution is 5.94. The highest BCUT2D eigenvalue weighted by atomic mass is 16.6. The maximum absolute atomic E-state index is 12.5. The van der Waals surface area contributed by atoms with Crippen LogP contribution in [0.4, 0.5) is 11.5 Å². The summed E-state index contributed by atoms with van der Waals surface area (Å²) in [6.45, 7) is 2.28. The Hall–Kier alpha value is -3.62. The fourth-order valence-corrected chi connectivity index (χ4v) is 3.24. The molecule has 1 fully saturated rings. The van der Waals surface area contributed by atoms with Gasteiger partial charge in [-0.2, -0.15) is 0 Å². The van der Waals surface area contributed by atoms with E-state index in [4.69, 9.17) is 9.47 Å². The van der Waals surface area contributed by atoms with Crippen molar-refractivity contribution in [3.05, 3.63) is 49.3 Å². The molecular weight excluding hydrogens is 360 g/mol. The van der Waals surface area contributed by atoms with E-state index in [2.05, 4.69) is 25.2 Å². The lowest BCUT2D eigenvalue weighted by atomic mass is 9.99. The Morgan fingerprint density at radius 3 is 2.71 bits per heavy atom. The fraction of sp³-hybridized carbons (Fsp3) is 0.263. The predicted molar refractivity (Wildman–Crippen MR) is 101 cm³/mol. The molecule has 9 nitrogen and oxygen atoms in total. The molecule has 1 amide bonds. The van der Waals surface area contributed by atoms with Crippen LogP contribution in [-0.2, 0) is 4.79 Å². The molecule has 28 heavy (non-hydrogen) atoms. The molecule has 142 valence electrons. The van der Waals surface area contributed by atoms with E-state index in [1.807, 2.05) is 29.0 Å². The van der Waals surface area contributed by atoms with Crippen molar-refractivity contribution in [1.82, 2.24) is 19.5 Å². The van der Waals surface area contributed by atoms with Crippen LogP contribution in [0.15, 0.2) is 49.3 Å². The first-order valence-corrected chi connectivity index (χ1v) is 9.02. The van der Waals surface area contributed by atoms with Crippen molar-refractivity contribution in [1.29, 1.82) is 0 Å². The number of nitrogens with one attached hydrogen (secondary N) is 1. The maximum Gasteiger partial charge on any atom is 0.231 e. The highest BCUT2D eigenvalue weighted by Crippen LogP contribution is 2.33. The molecule has 5 rings (SSSR count). The van der Waals surface area contributed by atoms with Gasteiger partial charge in [0.1, 0.15) is 37.5 Å². The molecule has 0 aliphatic carbocycles. The molecule has 2 aliphatic heterocycles. The van der Waals surface area contributed by atoms with Crippen molar-refractivity contribution in [3.8, 4) is 17.3 Å². The number of anilines is 2. The van der Waals surface area contributed by atoms with Crippen molar-refractivity contribution in [3.63, 3.8) is 0 Å². The number of rotatable bonds is 4. The van der Waals surface area contributed by atoms with E-state index in [-0.39, 0.29) is 11.8 Å². The number of benzene rings is 1. The van der Waals surface area contributed by atoms with Crippen molar-refractivity contribution >= 4 is 17.4 Å². The third kappa shape index (κ3) is 3.11. The molecule has 2 aromatic heterocycles. The smallest absolute Gasteiger partial charge is 0.231 e. The van der Waals surface area contributed by atoms with Crippen LogP contribution in [0.25, 0.3) is 5.82 Å². The zero-order chi connectivity index (χ0) is 18.9. The second-order valence-electron chi connectivity index (χ2n) is 6.65. The lowest BCUT2D eigenvalue weighted by molar-refractivity contribution is -0.120. The maximum atomic E-state index is 12.5. The second-order valence-corrected chi connectivity index (χ2v) is 6.65. The zero-order valence-electron chi connectivity index (χ0n) is 15.0. The minimum Gasteiger partial charge on any atom is -0.486 e. The Kier molecular flexibility index (Phi) is 4.04. The van der Waals surface area contributed by atoms with Crippen LogP contribution in [-0.4, -0.2) is 51.7 Å². The Morgan fingerprint density at radius 1 is 1.07 bits per heavy atom.